The van der Waals surface area contributed by atoms with Gasteiger partial charge in [-0.25, -0.2) is 0 Å². The first-order valence-corrected chi connectivity index (χ1v) is 24.8. The number of allylic oxidation sites excluding steroid dienone is 5. The van der Waals surface area contributed by atoms with E-state index in [0.29, 0.717) is 17.8 Å². The van der Waals surface area contributed by atoms with Gasteiger partial charge in [-0.3, -0.25) is 4.79 Å². The molecule has 5 aliphatic rings. The van der Waals surface area contributed by atoms with Crippen molar-refractivity contribution in [1.29, 1.82) is 0 Å². The fraction of sp³-hybridized carbons (Fsp3) is 0.865. The minimum Gasteiger partial charge on any atom is -0.463 e. The van der Waals surface area contributed by atoms with Gasteiger partial charge in [0, 0.05) is 6.42 Å². The van der Waals surface area contributed by atoms with E-state index in [9.17, 15) is 20.1 Å². The molecule has 7 nitrogen and oxygen atoms in total. The van der Waals surface area contributed by atoms with Crippen molar-refractivity contribution < 1.29 is 34.3 Å². The number of esters is 1. The average molecular weight is 825 g/mol. The molecule has 4 aliphatic carbocycles. The molecular formula is C52H88O7. The predicted molar refractivity (Wildman–Crippen MR) is 239 cm³/mol. The predicted octanol–water partition coefficient (Wildman–Crippen LogP) is 11.8. The zero-order valence-electron chi connectivity index (χ0n) is 38.6. The molecular weight excluding hydrogens is 737 g/mol. The zero-order chi connectivity index (χ0) is 42.6. The summed E-state index contributed by atoms with van der Waals surface area (Å²) in [5.41, 5.74) is 2.12. The van der Waals surface area contributed by atoms with Gasteiger partial charge in [-0.15, -0.1) is 0 Å². The molecule has 0 amide bonds. The first kappa shape index (κ1) is 48.5. The van der Waals surface area contributed by atoms with E-state index in [-0.39, 0.29) is 24.1 Å². The summed E-state index contributed by atoms with van der Waals surface area (Å²) < 4.78 is 18.0. The number of ether oxygens (including phenoxy) is 3. The number of carbonyl (C=O) groups excluding carboxylic acids is 1. The second-order valence-corrected chi connectivity index (χ2v) is 20.9. The molecule has 1 saturated heterocycles. The summed E-state index contributed by atoms with van der Waals surface area (Å²) in [6, 6.07) is 0. The van der Waals surface area contributed by atoms with Crippen molar-refractivity contribution in [3.05, 3.63) is 36.0 Å². The topological polar surface area (TPSA) is 105 Å². The van der Waals surface area contributed by atoms with Crippen LogP contribution in [0.3, 0.4) is 0 Å². The van der Waals surface area contributed by atoms with Gasteiger partial charge in [0.1, 0.15) is 31.0 Å². The van der Waals surface area contributed by atoms with Crippen molar-refractivity contribution in [3.8, 4) is 0 Å². The lowest BCUT2D eigenvalue weighted by Gasteiger charge is -2.58. The van der Waals surface area contributed by atoms with Crippen LogP contribution in [0.2, 0.25) is 0 Å². The van der Waals surface area contributed by atoms with Gasteiger partial charge in [-0.05, 0) is 142 Å². The standard InChI is InChI=1S/C52H88O7/c1-8-9-10-11-12-13-14-15-16-17-18-19-20-21-22-23-46(53)57-35-45-47(54)48(55)49(56)50(59-45)58-40-30-32-51(6)39(34-40)26-27-41-43-29-28-42(52(43,7)33-31-44(41)51)38(5)25-24-37(4)36(2)3/h12-13,15-16,26,36-38,40-45,47-50,54-56H,8-11,14,17-25,27-35H2,1-7H3. The van der Waals surface area contributed by atoms with Crippen molar-refractivity contribution in [2.75, 3.05) is 6.61 Å². The Hall–Kier alpha value is -1.51. The van der Waals surface area contributed by atoms with Gasteiger partial charge in [-0.1, -0.05) is 129 Å². The highest BCUT2D eigenvalue weighted by Gasteiger charge is 2.59. The van der Waals surface area contributed by atoms with Crippen LogP contribution >= 0.6 is 0 Å². The molecule has 14 unspecified atom stereocenters. The number of hydrogen-bond acceptors (Lipinski definition) is 7. The number of aliphatic hydroxyl groups is 3. The molecule has 0 aromatic rings. The van der Waals surface area contributed by atoms with Crippen LogP contribution in [0, 0.1) is 52.3 Å². The monoisotopic (exact) mass is 825 g/mol. The minimum atomic E-state index is -1.45. The molecule has 59 heavy (non-hydrogen) atoms. The lowest BCUT2D eigenvalue weighted by Crippen LogP contribution is -2.60. The second-order valence-electron chi connectivity index (χ2n) is 20.9. The lowest BCUT2D eigenvalue weighted by molar-refractivity contribution is -0.313. The molecule has 0 bridgehead atoms. The number of fused-ring (bicyclic) bond motifs is 5. The fourth-order valence-corrected chi connectivity index (χ4v) is 12.5. The normalized spacial score (nSPS) is 37.0. The molecule has 3 saturated carbocycles. The average Bonchev–Trinajstić information content (AvgIpc) is 3.58. The SMILES string of the molecule is CCCCCC=CCC=CCCCCCCCC(=O)OCC1OC(OC2CCC3(C)C(=CCC4C3CCC3(C)C(C(C)CCC(C)C(C)C)CCC43)C2)C(O)C(O)C1O. The maximum atomic E-state index is 12.6. The van der Waals surface area contributed by atoms with Gasteiger partial charge in [0.25, 0.3) is 0 Å². The Bertz CT molecular complexity index is 1360. The van der Waals surface area contributed by atoms with Gasteiger partial charge in [0.05, 0.1) is 6.10 Å². The van der Waals surface area contributed by atoms with Crippen molar-refractivity contribution in [3.63, 3.8) is 0 Å². The highest BCUT2D eigenvalue weighted by atomic mass is 16.7. The van der Waals surface area contributed by atoms with Crippen molar-refractivity contribution >= 4 is 5.97 Å². The molecule has 3 N–H and O–H groups in total. The third kappa shape index (κ3) is 12.6. The van der Waals surface area contributed by atoms with Gasteiger partial charge in [0.2, 0.25) is 0 Å². The number of carbonyl (C=O) groups is 1. The zero-order valence-corrected chi connectivity index (χ0v) is 38.6. The summed E-state index contributed by atoms with van der Waals surface area (Å²) in [7, 11) is 0. The van der Waals surface area contributed by atoms with Crippen LogP contribution in [0.1, 0.15) is 190 Å². The smallest absolute Gasteiger partial charge is 0.305 e. The van der Waals surface area contributed by atoms with Crippen molar-refractivity contribution in [1.82, 2.24) is 0 Å². The van der Waals surface area contributed by atoms with E-state index in [1.807, 2.05) is 0 Å². The second kappa shape index (κ2) is 23.3. The Morgan fingerprint density at radius 1 is 0.831 bits per heavy atom. The Morgan fingerprint density at radius 2 is 1.54 bits per heavy atom. The Labute approximate surface area is 360 Å². The number of unbranched alkanes of at least 4 members (excludes halogenated alkanes) is 8. The van der Waals surface area contributed by atoms with E-state index in [0.717, 1.165) is 106 Å². The first-order valence-electron chi connectivity index (χ1n) is 24.8. The van der Waals surface area contributed by atoms with Crippen LogP contribution < -0.4 is 0 Å². The summed E-state index contributed by atoms with van der Waals surface area (Å²) >= 11 is 0. The van der Waals surface area contributed by atoms with Crippen molar-refractivity contribution in [2.24, 2.45) is 52.3 Å². The van der Waals surface area contributed by atoms with E-state index in [2.05, 4.69) is 78.8 Å². The Kier molecular flexibility index (Phi) is 19.1. The largest absolute Gasteiger partial charge is 0.463 e. The van der Waals surface area contributed by atoms with Crippen LogP contribution in [0.4, 0.5) is 0 Å². The summed E-state index contributed by atoms with van der Waals surface area (Å²) in [6.07, 6.45) is 29.8. The lowest BCUT2D eigenvalue weighted by atomic mass is 9.47. The molecule has 0 aromatic heterocycles. The molecule has 0 radical (unpaired) electrons. The van der Waals surface area contributed by atoms with E-state index < -0.39 is 30.7 Å². The Morgan fingerprint density at radius 3 is 2.27 bits per heavy atom. The van der Waals surface area contributed by atoms with Gasteiger partial charge >= 0.3 is 5.97 Å². The number of aliphatic hydroxyl groups excluding tert-OH is 3. The molecule has 338 valence electrons. The van der Waals surface area contributed by atoms with Gasteiger partial charge in [-0.2, -0.15) is 0 Å². The van der Waals surface area contributed by atoms with Gasteiger partial charge < -0.3 is 29.5 Å². The quantitative estimate of drug-likeness (QED) is 0.0535. The highest BCUT2D eigenvalue weighted by molar-refractivity contribution is 5.69. The summed E-state index contributed by atoms with van der Waals surface area (Å²) in [6.45, 7) is 17.0. The molecule has 7 heteroatoms. The third-order valence-corrected chi connectivity index (χ3v) is 16.8. The van der Waals surface area contributed by atoms with Crippen LogP contribution in [0.25, 0.3) is 0 Å². The molecule has 4 fully saturated rings. The maximum absolute atomic E-state index is 12.6. The van der Waals surface area contributed by atoms with Crippen molar-refractivity contribution in [2.45, 2.75) is 227 Å². The third-order valence-electron chi connectivity index (χ3n) is 16.8. The van der Waals surface area contributed by atoms with E-state index in [1.165, 1.54) is 69.8 Å². The number of hydrogen-bond donors (Lipinski definition) is 3. The Balaban J connectivity index is 1.02. The molecule has 5 rings (SSSR count). The minimum absolute atomic E-state index is 0.145. The van der Waals surface area contributed by atoms with Crippen LogP contribution in [0.5, 0.6) is 0 Å². The summed E-state index contributed by atoms with van der Waals surface area (Å²) in [5, 5.41) is 32.5. The number of rotatable bonds is 23. The van der Waals surface area contributed by atoms with Crippen LogP contribution in [-0.2, 0) is 19.0 Å². The summed E-state index contributed by atoms with van der Waals surface area (Å²) in [4.78, 5) is 12.6. The maximum Gasteiger partial charge on any atom is 0.305 e. The summed E-state index contributed by atoms with van der Waals surface area (Å²) in [5.74, 6) is 5.13. The molecule has 1 aliphatic heterocycles. The van der Waals surface area contributed by atoms with E-state index in [1.54, 1.807) is 0 Å². The van der Waals surface area contributed by atoms with E-state index >= 15 is 0 Å². The molecule has 1 heterocycles. The molecule has 0 spiro atoms. The fourth-order valence-electron chi connectivity index (χ4n) is 12.5. The van der Waals surface area contributed by atoms with Gasteiger partial charge in [0.15, 0.2) is 6.29 Å². The molecule has 0 aromatic carbocycles. The highest BCUT2D eigenvalue weighted by Crippen LogP contribution is 2.67. The van der Waals surface area contributed by atoms with E-state index in [4.69, 9.17) is 14.2 Å². The molecule has 14 atom stereocenters. The van der Waals surface area contributed by atoms with Crippen LogP contribution in [0.15, 0.2) is 36.0 Å². The van der Waals surface area contributed by atoms with Crippen LogP contribution in [-0.4, -0.2) is 64.7 Å². The first-order chi connectivity index (χ1) is 28.3.